The van der Waals surface area contributed by atoms with Crippen molar-refractivity contribution in [3.63, 3.8) is 0 Å². The van der Waals surface area contributed by atoms with Crippen LogP contribution in [0.2, 0.25) is 0 Å². The molecule has 0 aliphatic heterocycles. The molecule has 0 aliphatic carbocycles. The average molecular weight is 245 g/mol. The van der Waals surface area contributed by atoms with Gasteiger partial charge in [0.15, 0.2) is 0 Å². The molecule has 1 rings (SSSR count). The van der Waals surface area contributed by atoms with Crippen LogP contribution in [0.1, 0.15) is 19.4 Å². The zero-order valence-electron chi connectivity index (χ0n) is 7.47. The Balaban J connectivity index is 3.30. The van der Waals surface area contributed by atoms with Gasteiger partial charge in [-0.05, 0) is 35.8 Å². The topological polar surface area (TPSA) is 17.1 Å². The molecular weight excluding hydrogens is 235 g/mol. The van der Waals surface area contributed by atoms with E-state index in [4.69, 9.17) is 0 Å². The van der Waals surface area contributed by atoms with Gasteiger partial charge in [0.05, 0.1) is 4.47 Å². The lowest BCUT2D eigenvalue weighted by atomic mass is 9.86. The van der Waals surface area contributed by atoms with Crippen molar-refractivity contribution in [1.82, 2.24) is 0 Å². The highest BCUT2D eigenvalue weighted by Gasteiger charge is 2.24. The minimum atomic E-state index is -0.770. The van der Waals surface area contributed by atoms with E-state index in [-0.39, 0.29) is 5.82 Å². The minimum absolute atomic E-state index is 0.361. The van der Waals surface area contributed by atoms with Gasteiger partial charge in [0.25, 0.3) is 0 Å². The molecule has 0 radical (unpaired) electrons. The largest absolute Gasteiger partial charge is 0.302 e. The third kappa shape index (κ3) is 1.97. The monoisotopic (exact) mass is 244 g/mol. The van der Waals surface area contributed by atoms with E-state index in [0.717, 1.165) is 6.29 Å². The molecule has 70 valence electrons. The molecule has 0 amide bonds. The molecule has 0 spiro atoms. The van der Waals surface area contributed by atoms with E-state index in [9.17, 15) is 9.18 Å². The predicted molar refractivity (Wildman–Crippen MR) is 53.2 cm³/mol. The SMILES string of the molecule is CC(C)(C=O)c1cccc(Br)c1F. The van der Waals surface area contributed by atoms with Gasteiger partial charge < -0.3 is 4.79 Å². The Bertz CT molecular complexity index is 334. The summed E-state index contributed by atoms with van der Waals surface area (Å²) in [4.78, 5) is 10.7. The second-order valence-corrected chi connectivity index (χ2v) is 4.30. The van der Waals surface area contributed by atoms with Gasteiger partial charge in [-0.25, -0.2) is 4.39 Å². The van der Waals surface area contributed by atoms with Crippen molar-refractivity contribution in [3.8, 4) is 0 Å². The number of rotatable bonds is 2. The summed E-state index contributed by atoms with van der Waals surface area (Å²) in [6.07, 6.45) is 0.748. The van der Waals surface area contributed by atoms with Gasteiger partial charge in [-0.15, -0.1) is 0 Å². The van der Waals surface area contributed by atoms with E-state index in [1.165, 1.54) is 0 Å². The maximum Gasteiger partial charge on any atom is 0.141 e. The summed E-state index contributed by atoms with van der Waals surface area (Å²) in [7, 11) is 0. The van der Waals surface area contributed by atoms with Gasteiger partial charge in [-0.2, -0.15) is 0 Å². The molecule has 3 heteroatoms. The Kier molecular flexibility index (Phi) is 2.86. The lowest BCUT2D eigenvalue weighted by Crippen LogP contribution is -2.20. The number of hydrogen-bond donors (Lipinski definition) is 0. The summed E-state index contributed by atoms with van der Waals surface area (Å²) in [5, 5.41) is 0. The summed E-state index contributed by atoms with van der Waals surface area (Å²) in [6, 6.07) is 4.95. The van der Waals surface area contributed by atoms with Crippen molar-refractivity contribution in [2.24, 2.45) is 0 Å². The lowest BCUT2D eigenvalue weighted by molar-refractivity contribution is -0.111. The normalized spacial score (nSPS) is 11.4. The van der Waals surface area contributed by atoms with Crippen molar-refractivity contribution >= 4 is 22.2 Å². The van der Waals surface area contributed by atoms with E-state index in [1.807, 2.05) is 0 Å². The van der Waals surface area contributed by atoms with Crippen LogP contribution in [0.5, 0.6) is 0 Å². The molecule has 0 unspecified atom stereocenters. The summed E-state index contributed by atoms with van der Waals surface area (Å²) < 4.78 is 13.9. The van der Waals surface area contributed by atoms with Gasteiger partial charge in [-0.1, -0.05) is 12.1 Å². The van der Waals surface area contributed by atoms with Crippen LogP contribution in [-0.2, 0) is 10.2 Å². The van der Waals surface area contributed by atoms with Gasteiger partial charge in [-0.3, -0.25) is 0 Å². The molecule has 0 bridgehead atoms. The molecule has 13 heavy (non-hydrogen) atoms. The molecule has 0 saturated heterocycles. The molecule has 0 N–H and O–H groups in total. The minimum Gasteiger partial charge on any atom is -0.302 e. The first-order valence-corrected chi connectivity index (χ1v) is 4.69. The lowest BCUT2D eigenvalue weighted by Gasteiger charge is -2.18. The van der Waals surface area contributed by atoms with Crippen molar-refractivity contribution in [3.05, 3.63) is 34.1 Å². The Hall–Kier alpha value is -0.700. The first-order chi connectivity index (χ1) is 5.99. The standard InChI is InChI=1S/C10H10BrFO/c1-10(2,6-13)7-4-3-5-8(11)9(7)12/h3-6H,1-2H3. The number of benzene rings is 1. The molecule has 0 saturated carbocycles. The van der Waals surface area contributed by atoms with E-state index in [2.05, 4.69) is 15.9 Å². The predicted octanol–water partition coefficient (Wildman–Crippen LogP) is 3.06. The van der Waals surface area contributed by atoms with E-state index in [1.54, 1.807) is 32.0 Å². The van der Waals surface area contributed by atoms with Gasteiger partial charge in [0.2, 0.25) is 0 Å². The second-order valence-electron chi connectivity index (χ2n) is 3.44. The van der Waals surface area contributed by atoms with E-state index < -0.39 is 5.41 Å². The van der Waals surface area contributed by atoms with Crippen LogP contribution in [0.3, 0.4) is 0 Å². The van der Waals surface area contributed by atoms with Gasteiger partial charge in [0, 0.05) is 11.0 Å². The number of aldehydes is 1. The summed E-state index contributed by atoms with van der Waals surface area (Å²) in [5.74, 6) is -0.361. The molecular formula is C10H10BrFO. The van der Waals surface area contributed by atoms with Crippen LogP contribution in [-0.4, -0.2) is 6.29 Å². The first kappa shape index (κ1) is 10.4. The Morgan fingerprint density at radius 2 is 2.08 bits per heavy atom. The maximum atomic E-state index is 13.5. The fourth-order valence-electron chi connectivity index (χ4n) is 1.06. The maximum absolute atomic E-state index is 13.5. The molecule has 1 aromatic carbocycles. The number of carbonyl (C=O) groups is 1. The van der Waals surface area contributed by atoms with Crippen molar-refractivity contribution in [2.45, 2.75) is 19.3 Å². The highest BCUT2D eigenvalue weighted by molar-refractivity contribution is 9.10. The Labute approximate surface area is 85.1 Å². The fraction of sp³-hybridized carbons (Fsp3) is 0.300. The van der Waals surface area contributed by atoms with E-state index >= 15 is 0 Å². The third-order valence-corrected chi connectivity index (χ3v) is 2.55. The van der Waals surface area contributed by atoms with Crippen LogP contribution in [0.25, 0.3) is 0 Å². The van der Waals surface area contributed by atoms with Crippen molar-refractivity contribution < 1.29 is 9.18 Å². The molecule has 0 aliphatic rings. The van der Waals surface area contributed by atoms with Gasteiger partial charge >= 0.3 is 0 Å². The fourth-order valence-corrected chi connectivity index (χ4v) is 1.43. The second kappa shape index (κ2) is 3.58. The third-order valence-electron chi connectivity index (χ3n) is 1.94. The molecule has 1 nitrogen and oxygen atoms in total. The number of carbonyl (C=O) groups excluding carboxylic acids is 1. The molecule has 0 atom stereocenters. The number of hydrogen-bond acceptors (Lipinski definition) is 1. The molecule has 1 aromatic rings. The zero-order valence-corrected chi connectivity index (χ0v) is 9.06. The zero-order chi connectivity index (χ0) is 10.1. The summed E-state index contributed by atoms with van der Waals surface area (Å²) in [5.41, 5.74) is -0.356. The van der Waals surface area contributed by atoms with Crippen LogP contribution in [0, 0.1) is 5.82 Å². The molecule has 0 heterocycles. The smallest absolute Gasteiger partial charge is 0.141 e. The van der Waals surface area contributed by atoms with Crippen molar-refractivity contribution in [1.29, 1.82) is 0 Å². The Morgan fingerprint density at radius 1 is 1.46 bits per heavy atom. The van der Waals surface area contributed by atoms with Crippen LogP contribution in [0.4, 0.5) is 4.39 Å². The average Bonchev–Trinajstić information content (AvgIpc) is 2.09. The quantitative estimate of drug-likeness (QED) is 0.732. The van der Waals surface area contributed by atoms with Crippen LogP contribution >= 0.6 is 15.9 Å². The van der Waals surface area contributed by atoms with E-state index in [0.29, 0.717) is 10.0 Å². The van der Waals surface area contributed by atoms with Crippen molar-refractivity contribution in [2.75, 3.05) is 0 Å². The number of halogens is 2. The highest BCUT2D eigenvalue weighted by atomic mass is 79.9. The molecule has 0 fully saturated rings. The van der Waals surface area contributed by atoms with Gasteiger partial charge in [0.1, 0.15) is 12.1 Å². The highest BCUT2D eigenvalue weighted by Crippen LogP contribution is 2.27. The summed E-state index contributed by atoms with van der Waals surface area (Å²) in [6.45, 7) is 3.37. The Morgan fingerprint density at radius 3 is 2.62 bits per heavy atom. The first-order valence-electron chi connectivity index (χ1n) is 3.90. The summed E-state index contributed by atoms with van der Waals surface area (Å²) >= 11 is 3.08. The van der Waals surface area contributed by atoms with Crippen LogP contribution in [0.15, 0.2) is 22.7 Å². The van der Waals surface area contributed by atoms with Crippen LogP contribution < -0.4 is 0 Å². The molecule has 0 aromatic heterocycles.